The molecule has 0 spiro atoms. The van der Waals surface area contributed by atoms with E-state index < -0.39 is 11.7 Å². The smallest absolute Gasteiger partial charge is 0.346 e. The number of aromatic amines is 1. The molecule has 2 N–H and O–H groups in total. The summed E-state index contributed by atoms with van der Waals surface area (Å²) in [6.07, 6.45) is -0.0625. The van der Waals surface area contributed by atoms with Crippen LogP contribution in [0.2, 0.25) is 0 Å². The van der Waals surface area contributed by atoms with Gasteiger partial charge in [0, 0.05) is 53.4 Å². The minimum Gasteiger partial charge on any atom is -0.346 e. The predicted octanol–water partition coefficient (Wildman–Crippen LogP) is 5.45. The Balaban J connectivity index is 1.30. The van der Waals surface area contributed by atoms with Crippen molar-refractivity contribution < 1.29 is 18.0 Å². The van der Waals surface area contributed by atoms with Gasteiger partial charge < -0.3 is 10.3 Å². The van der Waals surface area contributed by atoms with Crippen molar-refractivity contribution in [3.05, 3.63) is 81.3 Å². The molecule has 0 atom stereocenters. The maximum atomic E-state index is 12.9. The summed E-state index contributed by atoms with van der Waals surface area (Å²) in [4.78, 5) is 23.7. The number of hydrogen-bond acceptors (Lipinski definition) is 4. The van der Waals surface area contributed by atoms with E-state index in [-0.39, 0.29) is 11.6 Å². The summed E-state index contributed by atoms with van der Waals surface area (Å²) in [5.41, 5.74) is 2.93. The van der Waals surface area contributed by atoms with Crippen molar-refractivity contribution in [1.82, 2.24) is 14.9 Å². The van der Waals surface area contributed by atoms with Gasteiger partial charge in [0.1, 0.15) is 5.65 Å². The number of nitrogens with one attached hydrogen (secondary N) is 2. The predicted molar refractivity (Wildman–Crippen MR) is 118 cm³/mol. The number of carbonyl (C=O) groups is 1. The average Bonchev–Trinajstić information content (AvgIpc) is 3.40. The highest BCUT2D eigenvalue weighted by molar-refractivity contribution is 7.10. The Morgan fingerprint density at radius 1 is 1.25 bits per heavy atom. The molecule has 0 fully saturated rings. The van der Waals surface area contributed by atoms with E-state index in [9.17, 15) is 18.0 Å². The Kier molecular flexibility index (Phi) is 5.22. The number of halogens is 3. The first-order chi connectivity index (χ1) is 15.4. The van der Waals surface area contributed by atoms with E-state index in [2.05, 4.69) is 20.2 Å². The molecule has 1 aliphatic heterocycles. The highest BCUT2D eigenvalue weighted by Crippen LogP contribution is 2.32. The fourth-order valence-corrected chi connectivity index (χ4v) is 5.20. The van der Waals surface area contributed by atoms with Gasteiger partial charge in [0.05, 0.1) is 11.1 Å². The molecule has 1 aliphatic rings. The fraction of sp³-hybridized carbons (Fsp3) is 0.217. The molecule has 4 heterocycles. The van der Waals surface area contributed by atoms with E-state index in [0.29, 0.717) is 12.0 Å². The number of amides is 1. The van der Waals surface area contributed by atoms with E-state index in [1.54, 1.807) is 11.6 Å². The third-order valence-corrected chi connectivity index (χ3v) is 6.68. The highest BCUT2D eigenvalue weighted by atomic mass is 32.1. The van der Waals surface area contributed by atoms with Crippen molar-refractivity contribution in [3.8, 4) is 0 Å². The van der Waals surface area contributed by atoms with E-state index >= 15 is 0 Å². The van der Waals surface area contributed by atoms with Gasteiger partial charge >= 0.3 is 6.18 Å². The van der Waals surface area contributed by atoms with Gasteiger partial charge in [0.15, 0.2) is 0 Å². The first kappa shape index (κ1) is 20.7. The molecule has 0 saturated heterocycles. The number of H-pyrrole nitrogens is 1. The van der Waals surface area contributed by atoms with Crippen LogP contribution >= 0.6 is 11.3 Å². The number of thiophene rings is 1. The standard InChI is InChI=1S/C23H19F3N4OS/c24-23(25,26)15-2-1-3-16(10-15)29-22(31)19-13-32-20-12-30(9-6-18(19)20)11-14-4-7-27-21-17(14)5-8-28-21/h1-5,7-8,10,13H,6,9,11-12H2,(H,27,28)(H,29,31). The second-order valence-corrected chi connectivity index (χ2v) is 8.72. The van der Waals surface area contributed by atoms with Crippen LogP contribution in [0, 0.1) is 0 Å². The van der Waals surface area contributed by atoms with Gasteiger partial charge in [-0.25, -0.2) is 4.98 Å². The van der Waals surface area contributed by atoms with Crippen LogP contribution in [0.4, 0.5) is 18.9 Å². The maximum Gasteiger partial charge on any atom is 0.416 e. The molecule has 0 aliphatic carbocycles. The summed E-state index contributed by atoms with van der Waals surface area (Å²) in [6.45, 7) is 2.30. The molecule has 0 bridgehead atoms. The second-order valence-electron chi connectivity index (χ2n) is 7.75. The van der Waals surface area contributed by atoms with Gasteiger partial charge in [-0.1, -0.05) is 6.07 Å². The van der Waals surface area contributed by atoms with Crippen LogP contribution < -0.4 is 5.32 Å². The number of fused-ring (bicyclic) bond motifs is 2. The zero-order valence-electron chi connectivity index (χ0n) is 16.9. The van der Waals surface area contributed by atoms with Gasteiger partial charge in [-0.05, 0) is 47.9 Å². The summed E-state index contributed by atoms with van der Waals surface area (Å²) in [5, 5.41) is 5.52. The van der Waals surface area contributed by atoms with Crippen LogP contribution in [0.1, 0.15) is 31.9 Å². The lowest BCUT2D eigenvalue weighted by Gasteiger charge is -2.27. The Hall–Kier alpha value is -3.17. The normalized spacial score (nSPS) is 14.5. The topological polar surface area (TPSA) is 61.0 Å². The van der Waals surface area contributed by atoms with E-state index in [1.807, 2.05) is 18.3 Å². The minimum atomic E-state index is -4.45. The van der Waals surface area contributed by atoms with Crippen molar-refractivity contribution in [2.75, 3.05) is 11.9 Å². The first-order valence-electron chi connectivity index (χ1n) is 10.1. The third-order valence-electron chi connectivity index (χ3n) is 5.66. The van der Waals surface area contributed by atoms with Crippen LogP contribution in [0.25, 0.3) is 11.0 Å². The van der Waals surface area contributed by atoms with Crippen LogP contribution in [0.5, 0.6) is 0 Å². The van der Waals surface area contributed by atoms with Gasteiger partial charge in [-0.15, -0.1) is 11.3 Å². The summed E-state index contributed by atoms with van der Waals surface area (Å²) < 4.78 is 38.8. The highest BCUT2D eigenvalue weighted by Gasteiger charge is 2.31. The van der Waals surface area contributed by atoms with Crippen LogP contribution in [-0.2, 0) is 25.7 Å². The lowest BCUT2D eigenvalue weighted by atomic mass is 10.0. The average molecular weight is 456 g/mol. The molecule has 1 amide bonds. The largest absolute Gasteiger partial charge is 0.416 e. The Morgan fingerprint density at radius 3 is 2.97 bits per heavy atom. The van der Waals surface area contributed by atoms with Crippen molar-refractivity contribution in [2.24, 2.45) is 0 Å². The molecule has 164 valence electrons. The van der Waals surface area contributed by atoms with Crippen molar-refractivity contribution >= 4 is 34.0 Å². The number of anilines is 1. The van der Waals surface area contributed by atoms with Crippen molar-refractivity contribution in [1.29, 1.82) is 0 Å². The number of benzene rings is 1. The number of pyridine rings is 1. The third kappa shape index (κ3) is 4.01. The van der Waals surface area contributed by atoms with Crippen LogP contribution in [0.15, 0.2) is 54.2 Å². The van der Waals surface area contributed by atoms with E-state index in [0.717, 1.165) is 53.2 Å². The monoisotopic (exact) mass is 456 g/mol. The summed E-state index contributed by atoms with van der Waals surface area (Å²) >= 11 is 1.52. The van der Waals surface area contributed by atoms with Gasteiger partial charge in [-0.2, -0.15) is 13.2 Å². The van der Waals surface area contributed by atoms with E-state index in [4.69, 9.17) is 0 Å². The number of rotatable bonds is 4. The fourth-order valence-electron chi connectivity index (χ4n) is 4.08. The van der Waals surface area contributed by atoms with Crippen LogP contribution in [0.3, 0.4) is 0 Å². The molecule has 0 unspecified atom stereocenters. The van der Waals surface area contributed by atoms with E-state index in [1.165, 1.54) is 29.0 Å². The van der Waals surface area contributed by atoms with Crippen molar-refractivity contribution in [3.63, 3.8) is 0 Å². The molecular formula is C23H19F3N4OS. The molecule has 0 saturated carbocycles. The molecule has 32 heavy (non-hydrogen) atoms. The molecule has 3 aromatic heterocycles. The lowest BCUT2D eigenvalue weighted by Crippen LogP contribution is -2.30. The summed E-state index contributed by atoms with van der Waals surface area (Å²) in [6, 6.07) is 8.74. The number of alkyl halides is 3. The van der Waals surface area contributed by atoms with Crippen LogP contribution in [-0.4, -0.2) is 27.3 Å². The van der Waals surface area contributed by atoms with Gasteiger partial charge in [-0.3, -0.25) is 9.69 Å². The number of hydrogen-bond donors (Lipinski definition) is 2. The van der Waals surface area contributed by atoms with Gasteiger partial charge in [0.25, 0.3) is 5.91 Å². The first-order valence-corrected chi connectivity index (χ1v) is 11.0. The molecule has 5 nitrogen and oxygen atoms in total. The molecule has 0 radical (unpaired) electrons. The Morgan fingerprint density at radius 2 is 2.12 bits per heavy atom. The Labute approximate surface area is 185 Å². The molecule has 1 aromatic carbocycles. The summed E-state index contributed by atoms with van der Waals surface area (Å²) in [5.74, 6) is -0.376. The molecule has 5 rings (SSSR count). The molecule has 4 aromatic rings. The quantitative estimate of drug-likeness (QED) is 0.429. The van der Waals surface area contributed by atoms with Gasteiger partial charge in [0.2, 0.25) is 0 Å². The maximum absolute atomic E-state index is 12.9. The number of nitrogens with zero attached hydrogens (tertiary/aromatic N) is 2. The SMILES string of the molecule is O=C(Nc1cccc(C(F)(F)F)c1)c1csc2c1CCN(Cc1ccnc3[nH]ccc13)C2. The minimum absolute atomic E-state index is 0.135. The number of carbonyl (C=O) groups excluding carboxylic acids is 1. The number of aromatic nitrogens is 2. The zero-order valence-corrected chi connectivity index (χ0v) is 17.7. The Bertz CT molecular complexity index is 1290. The van der Waals surface area contributed by atoms with Crippen molar-refractivity contribution in [2.45, 2.75) is 25.7 Å². The zero-order chi connectivity index (χ0) is 22.3. The lowest BCUT2D eigenvalue weighted by molar-refractivity contribution is -0.137. The summed E-state index contributed by atoms with van der Waals surface area (Å²) in [7, 11) is 0. The second kappa shape index (κ2) is 8.07. The molecule has 9 heteroatoms. The molecular weight excluding hydrogens is 437 g/mol.